The maximum Gasteiger partial charge on any atom is 0.0637 e. The molecule has 1 aromatic carbocycles. The molecule has 0 aliphatic carbocycles. The van der Waals surface area contributed by atoms with Crippen LogP contribution in [0.2, 0.25) is 5.02 Å². The number of methoxy groups -OCH3 is 1. The molecule has 0 heterocycles. The molecule has 0 aliphatic rings. The lowest BCUT2D eigenvalue weighted by Gasteiger charge is -2.20. The number of hydrogen-bond donors (Lipinski definition) is 1. The van der Waals surface area contributed by atoms with E-state index < -0.39 is 0 Å². The van der Waals surface area contributed by atoms with Crippen LogP contribution >= 0.6 is 11.6 Å². The number of nitrogens with zero attached hydrogens (tertiary/aromatic N) is 1. The van der Waals surface area contributed by atoms with Crippen molar-refractivity contribution in [1.29, 1.82) is 0 Å². The maximum absolute atomic E-state index is 6.30. The second kappa shape index (κ2) is 7.62. The molecule has 2 N–H and O–H groups in total. The molecule has 1 rings (SSSR count). The van der Waals surface area contributed by atoms with E-state index in [4.69, 9.17) is 22.1 Å². The molecule has 102 valence electrons. The summed E-state index contributed by atoms with van der Waals surface area (Å²) in [5.41, 5.74) is 8.17. The topological polar surface area (TPSA) is 38.5 Å². The smallest absolute Gasteiger partial charge is 0.0637 e. The van der Waals surface area contributed by atoms with Crippen LogP contribution in [-0.2, 0) is 11.2 Å². The number of hydrogen-bond acceptors (Lipinski definition) is 3. The Hall–Kier alpha value is -0.770. The Morgan fingerprint density at radius 2 is 2.17 bits per heavy atom. The van der Waals surface area contributed by atoms with Crippen LogP contribution in [0.1, 0.15) is 18.9 Å². The predicted octanol–water partition coefficient (Wildman–Crippen LogP) is 2.70. The van der Waals surface area contributed by atoms with Crippen molar-refractivity contribution in [3.63, 3.8) is 0 Å². The number of likely N-dealkylation sites (N-methyl/N-ethyl adjacent to an activating group) is 1. The zero-order chi connectivity index (χ0) is 13.5. The molecule has 0 saturated carbocycles. The highest BCUT2D eigenvalue weighted by molar-refractivity contribution is 6.31. The van der Waals surface area contributed by atoms with Gasteiger partial charge in [-0.15, -0.1) is 0 Å². The van der Waals surface area contributed by atoms with Gasteiger partial charge in [-0.2, -0.15) is 0 Å². The fourth-order valence-corrected chi connectivity index (χ4v) is 1.98. The quantitative estimate of drug-likeness (QED) is 0.828. The van der Waals surface area contributed by atoms with Gasteiger partial charge in [0, 0.05) is 37.5 Å². The van der Waals surface area contributed by atoms with E-state index in [1.54, 1.807) is 7.11 Å². The van der Waals surface area contributed by atoms with Crippen LogP contribution in [0, 0.1) is 0 Å². The zero-order valence-electron chi connectivity index (χ0n) is 11.4. The van der Waals surface area contributed by atoms with Crippen molar-refractivity contribution in [3.05, 3.63) is 28.8 Å². The van der Waals surface area contributed by atoms with E-state index in [-0.39, 0.29) is 6.04 Å². The van der Waals surface area contributed by atoms with Crippen LogP contribution in [0.5, 0.6) is 0 Å². The third-order valence-electron chi connectivity index (χ3n) is 3.11. The highest BCUT2D eigenvalue weighted by atomic mass is 35.5. The highest BCUT2D eigenvalue weighted by Gasteiger charge is 2.08. The van der Waals surface area contributed by atoms with Crippen molar-refractivity contribution in [3.8, 4) is 0 Å². The van der Waals surface area contributed by atoms with Crippen LogP contribution in [-0.4, -0.2) is 33.4 Å². The standard InChI is InChI=1S/C14H23ClN2O/c1-4-12(16)9-11-5-6-13(10-14(11)15)17(2)7-8-18-3/h5-6,10,12H,4,7-9,16H2,1-3H3. The summed E-state index contributed by atoms with van der Waals surface area (Å²) in [7, 11) is 3.73. The van der Waals surface area contributed by atoms with E-state index in [0.29, 0.717) is 6.61 Å². The van der Waals surface area contributed by atoms with Crippen molar-refractivity contribution in [2.24, 2.45) is 5.73 Å². The predicted molar refractivity (Wildman–Crippen MR) is 78.6 cm³/mol. The normalized spacial score (nSPS) is 12.5. The van der Waals surface area contributed by atoms with Crippen molar-refractivity contribution < 1.29 is 4.74 Å². The van der Waals surface area contributed by atoms with Gasteiger partial charge in [0.1, 0.15) is 0 Å². The van der Waals surface area contributed by atoms with Gasteiger partial charge in [-0.3, -0.25) is 0 Å². The fraction of sp³-hybridized carbons (Fsp3) is 0.571. The van der Waals surface area contributed by atoms with Gasteiger partial charge in [-0.25, -0.2) is 0 Å². The summed E-state index contributed by atoms with van der Waals surface area (Å²) in [6.45, 7) is 3.64. The SMILES string of the molecule is CCC(N)Cc1ccc(N(C)CCOC)cc1Cl. The Morgan fingerprint density at radius 1 is 1.44 bits per heavy atom. The molecule has 18 heavy (non-hydrogen) atoms. The Bertz CT molecular complexity index is 371. The Morgan fingerprint density at radius 3 is 2.72 bits per heavy atom. The number of ether oxygens (including phenoxy) is 1. The van der Waals surface area contributed by atoms with Crippen molar-refractivity contribution in [2.75, 3.05) is 32.2 Å². The van der Waals surface area contributed by atoms with E-state index in [0.717, 1.165) is 35.7 Å². The van der Waals surface area contributed by atoms with E-state index in [9.17, 15) is 0 Å². The number of benzene rings is 1. The monoisotopic (exact) mass is 270 g/mol. The first kappa shape index (κ1) is 15.3. The first-order valence-electron chi connectivity index (χ1n) is 6.32. The van der Waals surface area contributed by atoms with E-state index in [1.165, 1.54) is 0 Å². The summed E-state index contributed by atoms with van der Waals surface area (Å²) in [5.74, 6) is 0. The lowest BCUT2D eigenvalue weighted by Crippen LogP contribution is -2.23. The summed E-state index contributed by atoms with van der Waals surface area (Å²) in [5, 5.41) is 0.792. The van der Waals surface area contributed by atoms with Crippen LogP contribution in [0.3, 0.4) is 0 Å². The minimum absolute atomic E-state index is 0.180. The lowest BCUT2D eigenvalue weighted by molar-refractivity contribution is 0.206. The number of halogens is 1. The molecule has 0 fully saturated rings. The molecule has 1 atom stereocenters. The van der Waals surface area contributed by atoms with Crippen LogP contribution in [0.25, 0.3) is 0 Å². The van der Waals surface area contributed by atoms with Crippen LogP contribution in [0.4, 0.5) is 5.69 Å². The highest BCUT2D eigenvalue weighted by Crippen LogP contribution is 2.24. The van der Waals surface area contributed by atoms with Crippen LogP contribution < -0.4 is 10.6 Å². The van der Waals surface area contributed by atoms with Gasteiger partial charge in [0.05, 0.1) is 6.61 Å². The number of nitrogens with two attached hydrogens (primary N) is 1. The summed E-state index contributed by atoms with van der Waals surface area (Å²) in [6, 6.07) is 6.32. The largest absolute Gasteiger partial charge is 0.383 e. The van der Waals surface area contributed by atoms with Crippen molar-refractivity contribution >= 4 is 17.3 Å². The van der Waals surface area contributed by atoms with Gasteiger partial charge in [0.15, 0.2) is 0 Å². The molecule has 4 heteroatoms. The Labute approximate surface area is 115 Å². The van der Waals surface area contributed by atoms with Gasteiger partial charge in [-0.05, 0) is 30.5 Å². The molecule has 0 spiro atoms. The molecule has 1 unspecified atom stereocenters. The minimum atomic E-state index is 0.180. The Kier molecular flexibility index (Phi) is 6.47. The molecule has 0 amide bonds. The zero-order valence-corrected chi connectivity index (χ0v) is 12.2. The summed E-state index contributed by atoms with van der Waals surface area (Å²) < 4.78 is 5.06. The summed E-state index contributed by atoms with van der Waals surface area (Å²) in [6.07, 6.45) is 1.79. The molecule has 0 saturated heterocycles. The molecule has 0 aromatic heterocycles. The van der Waals surface area contributed by atoms with Gasteiger partial charge in [0.25, 0.3) is 0 Å². The average molecular weight is 271 g/mol. The minimum Gasteiger partial charge on any atom is -0.383 e. The third kappa shape index (κ3) is 4.48. The van der Waals surface area contributed by atoms with Gasteiger partial charge in [-0.1, -0.05) is 24.6 Å². The van der Waals surface area contributed by atoms with Gasteiger partial charge in [0.2, 0.25) is 0 Å². The molecule has 1 aromatic rings. The average Bonchev–Trinajstić information content (AvgIpc) is 2.38. The molecule has 3 nitrogen and oxygen atoms in total. The van der Waals surface area contributed by atoms with E-state index >= 15 is 0 Å². The van der Waals surface area contributed by atoms with Gasteiger partial charge >= 0.3 is 0 Å². The summed E-state index contributed by atoms with van der Waals surface area (Å²) >= 11 is 6.30. The maximum atomic E-state index is 6.30. The lowest BCUT2D eigenvalue weighted by atomic mass is 10.0. The van der Waals surface area contributed by atoms with Crippen molar-refractivity contribution in [2.45, 2.75) is 25.8 Å². The number of rotatable bonds is 7. The van der Waals surface area contributed by atoms with Crippen molar-refractivity contribution in [1.82, 2.24) is 0 Å². The summed E-state index contributed by atoms with van der Waals surface area (Å²) in [4.78, 5) is 2.12. The third-order valence-corrected chi connectivity index (χ3v) is 3.47. The first-order chi connectivity index (χ1) is 8.58. The first-order valence-corrected chi connectivity index (χ1v) is 6.70. The molecular formula is C14H23ClN2O. The number of anilines is 1. The van der Waals surface area contributed by atoms with E-state index in [1.807, 2.05) is 13.1 Å². The molecule has 0 radical (unpaired) electrons. The molecular weight excluding hydrogens is 248 g/mol. The Balaban J connectivity index is 2.72. The second-order valence-corrected chi connectivity index (χ2v) is 4.97. The van der Waals surface area contributed by atoms with E-state index in [2.05, 4.69) is 24.0 Å². The molecule has 0 aliphatic heterocycles. The van der Waals surface area contributed by atoms with Gasteiger partial charge < -0.3 is 15.4 Å². The fourth-order valence-electron chi connectivity index (χ4n) is 1.72. The van der Waals surface area contributed by atoms with Crippen LogP contribution in [0.15, 0.2) is 18.2 Å². The molecule has 0 bridgehead atoms. The second-order valence-electron chi connectivity index (χ2n) is 4.56.